The van der Waals surface area contributed by atoms with Crippen LogP contribution >= 0.6 is 11.6 Å². The average Bonchev–Trinajstić information content (AvgIpc) is 2.08. The minimum atomic E-state index is 0.508. The Labute approximate surface area is 75.3 Å². The van der Waals surface area contributed by atoms with Crippen molar-refractivity contribution in [3.8, 4) is 0 Å². The van der Waals surface area contributed by atoms with Crippen LogP contribution in [-0.4, -0.2) is 5.88 Å². The van der Waals surface area contributed by atoms with E-state index in [1.807, 2.05) is 45.1 Å². The van der Waals surface area contributed by atoms with E-state index in [0.717, 1.165) is 5.57 Å². The first-order chi connectivity index (χ1) is 5.31. The van der Waals surface area contributed by atoms with Crippen LogP contribution in [0.2, 0.25) is 0 Å². The van der Waals surface area contributed by atoms with Gasteiger partial charge >= 0.3 is 0 Å². The zero-order valence-corrected chi connectivity index (χ0v) is 8.36. The fourth-order valence-corrected chi connectivity index (χ4v) is 0.436. The highest BCUT2D eigenvalue weighted by atomic mass is 35.5. The molecule has 0 aliphatic heterocycles. The van der Waals surface area contributed by atoms with E-state index >= 15 is 0 Å². The molecule has 0 rings (SSSR count). The van der Waals surface area contributed by atoms with Crippen molar-refractivity contribution in [1.82, 2.24) is 0 Å². The molecular formula is C10H17Cl. The molecule has 0 aromatic heterocycles. The summed E-state index contributed by atoms with van der Waals surface area (Å²) in [6, 6.07) is 0. The van der Waals surface area contributed by atoms with Gasteiger partial charge in [-0.2, -0.15) is 0 Å². The summed E-state index contributed by atoms with van der Waals surface area (Å²) < 4.78 is 0. The second-order valence-electron chi connectivity index (χ2n) is 1.68. The Hall–Kier alpha value is -0.490. The Morgan fingerprint density at radius 2 is 1.91 bits per heavy atom. The zero-order valence-electron chi connectivity index (χ0n) is 7.60. The maximum absolute atomic E-state index is 5.46. The minimum Gasteiger partial charge on any atom is -0.122 e. The van der Waals surface area contributed by atoms with Crippen molar-refractivity contribution in [2.75, 3.05) is 5.88 Å². The van der Waals surface area contributed by atoms with Crippen molar-refractivity contribution in [2.45, 2.75) is 20.8 Å². The molecule has 0 heterocycles. The van der Waals surface area contributed by atoms with E-state index in [1.54, 1.807) is 0 Å². The van der Waals surface area contributed by atoms with E-state index in [-0.39, 0.29) is 0 Å². The molecule has 0 radical (unpaired) electrons. The molecule has 0 bridgehead atoms. The summed E-state index contributed by atoms with van der Waals surface area (Å²) in [6.45, 7) is 9.66. The third kappa shape index (κ3) is 12.7. The van der Waals surface area contributed by atoms with Crippen LogP contribution in [0.4, 0.5) is 0 Å². The number of hydrogen-bond acceptors (Lipinski definition) is 0. The third-order valence-corrected chi connectivity index (χ3v) is 1.15. The van der Waals surface area contributed by atoms with Crippen molar-refractivity contribution >= 4 is 11.6 Å². The molecule has 0 amide bonds. The van der Waals surface area contributed by atoms with E-state index in [9.17, 15) is 0 Å². The van der Waals surface area contributed by atoms with Crippen molar-refractivity contribution < 1.29 is 0 Å². The van der Waals surface area contributed by atoms with Crippen LogP contribution in [0.5, 0.6) is 0 Å². The fourth-order valence-electron chi connectivity index (χ4n) is 0.347. The Bertz CT molecular complexity index is 132. The van der Waals surface area contributed by atoms with Crippen LogP contribution in [-0.2, 0) is 0 Å². The molecule has 0 saturated carbocycles. The Kier molecular flexibility index (Phi) is 14.6. The normalized spacial score (nSPS) is 9.82. The van der Waals surface area contributed by atoms with Gasteiger partial charge in [-0.05, 0) is 12.5 Å². The highest BCUT2D eigenvalue weighted by molar-refractivity contribution is 6.19. The molecule has 0 N–H and O–H groups in total. The van der Waals surface area contributed by atoms with Gasteiger partial charge < -0.3 is 0 Å². The maximum atomic E-state index is 5.46. The lowest BCUT2D eigenvalue weighted by atomic mass is 10.3. The summed E-state index contributed by atoms with van der Waals surface area (Å²) in [7, 11) is 0. The molecule has 0 atom stereocenters. The Morgan fingerprint density at radius 3 is 2.27 bits per heavy atom. The topological polar surface area (TPSA) is 0 Å². The van der Waals surface area contributed by atoms with Crippen molar-refractivity contribution in [3.05, 3.63) is 36.5 Å². The van der Waals surface area contributed by atoms with Crippen LogP contribution in [0, 0.1) is 0 Å². The number of allylic oxidation sites excluding steroid dienone is 5. The van der Waals surface area contributed by atoms with Crippen LogP contribution in [0.25, 0.3) is 0 Å². The lowest BCUT2D eigenvalue weighted by Crippen LogP contribution is -1.71. The predicted octanol–water partition coefficient (Wildman–Crippen LogP) is 3.94. The molecule has 64 valence electrons. The highest BCUT2D eigenvalue weighted by Gasteiger charge is 1.78. The lowest BCUT2D eigenvalue weighted by Gasteiger charge is -1.85. The maximum Gasteiger partial charge on any atom is 0.0468 e. The largest absolute Gasteiger partial charge is 0.122 e. The number of rotatable bonds is 3. The lowest BCUT2D eigenvalue weighted by molar-refractivity contribution is 1.50. The van der Waals surface area contributed by atoms with Gasteiger partial charge in [-0.15, -0.1) is 11.6 Å². The van der Waals surface area contributed by atoms with Crippen LogP contribution < -0.4 is 0 Å². The van der Waals surface area contributed by atoms with Crippen LogP contribution in [0.3, 0.4) is 0 Å². The summed E-state index contributed by atoms with van der Waals surface area (Å²) in [6.07, 6.45) is 7.72. The second kappa shape index (κ2) is 12.2. The molecule has 0 unspecified atom stereocenters. The molecule has 1 heteroatoms. The van der Waals surface area contributed by atoms with Gasteiger partial charge in [0.05, 0.1) is 0 Å². The first-order valence-electron chi connectivity index (χ1n) is 3.84. The van der Waals surface area contributed by atoms with Gasteiger partial charge in [-0.25, -0.2) is 0 Å². The van der Waals surface area contributed by atoms with Crippen molar-refractivity contribution in [3.63, 3.8) is 0 Å². The van der Waals surface area contributed by atoms with Crippen molar-refractivity contribution in [2.24, 2.45) is 0 Å². The van der Waals surface area contributed by atoms with Gasteiger partial charge in [-0.3, -0.25) is 0 Å². The zero-order chi connectivity index (χ0) is 9.11. The molecule has 0 nitrogen and oxygen atoms in total. The van der Waals surface area contributed by atoms with Gasteiger partial charge in [0.1, 0.15) is 0 Å². The average molecular weight is 173 g/mol. The van der Waals surface area contributed by atoms with E-state index in [4.69, 9.17) is 11.6 Å². The smallest absolute Gasteiger partial charge is 0.0468 e. The molecule has 0 aromatic rings. The second-order valence-corrected chi connectivity index (χ2v) is 1.94. The molecule has 0 aromatic carbocycles. The molecule has 0 fully saturated rings. The molecular weight excluding hydrogens is 156 g/mol. The van der Waals surface area contributed by atoms with E-state index in [0.29, 0.717) is 5.88 Å². The van der Waals surface area contributed by atoms with Gasteiger partial charge in [0.15, 0.2) is 0 Å². The molecule has 0 saturated heterocycles. The monoisotopic (exact) mass is 172 g/mol. The SMILES string of the molecule is C=C(/C=C\C=C/C)CCl.CC. The first kappa shape index (κ1) is 13.1. The van der Waals surface area contributed by atoms with Gasteiger partial charge in [0, 0.05) is 5.88 Å². The standard InChI is InChI=1S/C8H11Cl.C2H6/c1-3-4-5-6-8(2)7-9;1-2/h3-6H,2,7H2,1H3;1-2H3/b4-3-,6-5-;. The summed E-state index contributed by atoms with van der Waals surface area (Å²) in [5, 5.41) is 0. The minimum absolute atomic E-state index is 0.508. The van der Waals surface area contributed by atoms with Gasteiger partial charge in [0.25, 0.3) is 0 Å². The quantitative estimate of drug-likeness (QED) is 0.447. The highest BCUT2D eigenvalue weighted by Crippen LogP contribution is 1.94. The number of hydrogen-bond donors (Lipinski definition) is 0. The summed E-state index contributed by atoms with van der Waals surface area (Å²) >= 11 is 5.46. The summed E-state index contributed by atoms with van der Waals surface area (Å²) in [5.74, 6) is 0.508. The first-order valence-corrected chi connectivity index (χ1v) is 4.37. The summed E-state index contributed by atoms with van der Waals surface area (Å²) in [5.41, 5.74) is 0.940. The fraction of sp³-hybridized carbons (Fsp3) is 0.400. The van der Waals surface area contributed by atoms with Crippen LogP contribution in [0.1, 0.15) is 20.8 Å². The molecule has 0 spiro atoms. The van der Waals surface area contributed by atoms with Gasteiger partial charge in [0.2, 0.25) is 0 Å². The van der Waals surface area contributed by atoms with Gasteiger partial charge in [-0.1, -0.05) is 44.7 Å². The summed E-state index contributed by atoms with van der Waals surface area (Å²) in [4.78, 5) is 0. The third-order valence-electron chi connectivity index (χ3n) is 0.807. The molecule has 0 aliphatic rings. The predicted molar refractivity (Wildman–Crippen MR) is 55.2 cm³/mol. The van der Waals surface area contributed by atoms with E-state index in [1.165, 1.54) is 0 Å². The molecule has 11 heavy (non-hydrogen) atoms. The Balaban J connectivity index is 0. The van der Waals surface area contributed by atoms with E-state index < -0.39 is 0 Å². The molecule has 0 aliphatic carbocycles. The van der Waals surface area contributed by atoms with Crippen LogP contribution in [0.15, 0.2) is 36.5 Å². The number of alkyl halides is 1. The number of halogens is 1. The van der Waals surface area contributed by atoms with Crippen molar-refractivity contribution in [1.29, 1.82) is 0 Å². The van der Waals surface area contributed by atoms with E-state index in [2.05, 4.69) is 6.58 Å². The Morgan fingerprint density at radius 1 is 1.36 bits per heavy atom.